The molecule has 27 heavy (non-hydrogen) atoms. The lowest BCUT2D eigenvalue weighted by atomic mass is 10.2. The van der Waals surface area contributed by atoms with E-state index in [1.807, 2.05) is 45.0 Å². The maximum atomic E-state index is 12.4. The Kier molecular flexibility index (Phi) is 5.49. The van der Waals surface area contributed by atoms with Crippen LogP contribution in [0.5, 0.6) is 0 Å². The van der Waals surface area contributed by atoms with Crippen LogP contribution in [0.15, 0.2) is 48.8 Å². The number of hydrogen-bond donors (Lipinski definition) is 1. The molecule has 0 radical (unpaired) electrons. The van der Waals surface area contributed by atoms with Crippen LogP contribution >= 0.6 is 0 Å². The molecule has 2 aromatic heterocycles. The third-order valence-corrected chi connectivity index (χ3v) is 4.00. The number of rotatable bonds is 6. The van der Waals surface area contributed by atoms with Gasteiger partial charge in [-0.1, -0.05) is 12.1 Å². The highest BCUT2D eigenvalue weighted by Crippen LogP contribution is 2.21. The van der Waals surface area contributed by atoms with Gasteiger partial charge in [0.25, 0.3) is 5.91 Å². The van der Waals surface area contributed by atoms with E-state index in [1.165, 1.54) is 6.20 Å². The van der Waals surface area contributed by atoms with Gasteiger partial charge in [-0.05, 0) is 45.0 Å². The molecule has 1 amide bonds. The summed E-state index contributed by atoms with van der Waals surface area (Å²) in [7, 11) is 0. The summed E-state index contributed by atoms with van der Waals surface area (Å²) in [5.74, 6) is -0.00621. The first-order valence-corrected chi connectivity index (χ1v) is 8.81. The highest BCUT2D eigenvalue weighted by molar-refractivity contribution is 5.94. The van der Waals surface area contributed by atoms with Gasteiger partial charge in [0.2, 0.25) is 0 Å². The molecule has 7 nitrogen and oxygen atoms in total. The Labute approximate surface area is 157 Å². The van der Waals surface area contributed by atoms with E-state index < -0.39 is 6.04 Å². The molecule has 2 heterocycles. The van der Waals surface area contributed by atoms with Gasteiger partial charge in [0.1, 0.15) is 12.4 Å². The van der Waals surface area contributed by atoms with Crippen LogP contribution in [0.3, 0.4) is 0 Å². The third kappa shape index (κ3) is 4.31. The number of para-hydroxylation sites is 2. The lowest BCUT2D eigenvalue weighted by Crippen LogP contribution is -2.29. The lowest BCUT2D eigenvalue weighted by molar-refractivity contribution is -0.148. The number of esters is 1. The molecule has 3 rings (SSSR count). The van der Waals surface area contributed by atoms with Crippen molar-refractivity contribution in [2.24, 2.45) is 0 Å². The number of amides is 1. The van der Waals surface area contributed by atoms with Gasteiger partial charge in [-0.25, -0.2) is 4.98 Å². The summed E-state index contributed by atoms with van der Waals surface area (Å²) < 4.78 is 7.06. The molecule has 1 unspecified atom stereocenters. The molecule has 0 fully saturated rings. The van der Waals surface area contributed by atoms with Crippen molar-refractivity contribution in [2.75, 3.05) is 0 Å². The Morgan fingerprint density at radius 1 is 1.15 bits per heavy atom. The first kappa shape index (κ1) is 18.6. The maximum absolute atomic E-state index is 12.4. The summed E-state index contributed by atoms with van der Waals surface area (Å²) in [6.45, 7) is 5.48. The minimum absolute atomic E-state index is 0.0289. The molecule has 0 aliphatic rings. The van der Waals surface area contributed by atoms with Crippen molar-refractivity contribution in [3.63, 3.8) is 0 Å². The van der Waals surface area contributed by atoms with Crippen LogP contribution in [-0.2, 0) is 16.1 Å². The first-order chi connectivity index (χ1) is 13.0. The predicted molar refractivity (Wildman–Crippen MR) is 101 cm³/mol. The van der Waals surface area contributed by atoms with Crippen molar-refractivity contribution >= 4 is 22.9 Å². The predicted octanol–water partition coefficient (Wildman–Crippen LogP) is 2.87. The monoisotopic (exact) mass is 366 g/mol. The van der Waals surface area contributed by atoms with Crippen LogP contribution in [0.2, 0.25) is 0 Å². The molecule has 3 aromatic rings. The fourth-order valence-electron chi connectivity index (χ4n) is 2.86. The van der Waals surface area contributed by atoms with Gasteiger partial charge in [-0.3, -0.25) is 14.6 Å². The fraction of sp³-hybridized carbons (Fsp3) is 0.300. The molecular weight excluding hydrogens is 344 g/mol. The van der Waals surface area contributed by atoms with E-state index in [-0.39, 0.29) is 24.5 Å². The quantitative estimate of drug-likeness (QED) is 0.678. The molecule has 1 atom stereocenters. The minimum Gasteiger partial charge on any atom is -0.462 e. The van der Waals surface area contributed by atoms with Gasteiger partial charge in [-0.15, -0.1) is 0 Å². The third-order valence-electron chi connectivity index (χ3n) is 4.00. The van der Waals surface area contributed by atoms with Crippen LogP contribution in [0.25, 0.3) is 11.0 Å². The topological polar surface area (TPSA) is 86.1 Å². The standard InChI is InChI=1S/C20H22N4O3/c1-13(2)27-18(25)12-24-17-9-5-4-8-16(17)23-19(24)14(3)22-20(26)15-7-6-10-21-11-15/h4-11,13-14H,12H2,1-3H3,(H,22,26). The van der Waals surface area contributed by atoms with E-state index in [2.05, 4.69) is 15.3 Å². The molecule has 140 valence electrons. The highest BCUT2D eigenvalue weighted by atomic mass is 16.5. The van der Waals surface area contributed by atoms with Crippen LogP contribution in [0.1, 0.15) is 43.0 Å². The molecule has 0 spiro atoms. The summed E-state index contributed by atoms with van der Waals surface area (Å²) in [6, 6.07) is 10.5. The average Bonchev–Trinajstić information content (AvgIpc) is 3.00. The maximum Gasteiger partial charge on any atom is 0.326 e. The molecule has 1 N–H and O–H groups in total. The van der Waals surface area contributed by atoms with Gasteiger partial charge in [0, 0.05) is 12.4 Å². The number of nitrogens with zero attached hydrogens (tertiary/aromatic N) is 3. The number of carbonyl (C=O) groups is 2. The second-order valence-corrected chi connectivity index (χ2v) is 6.52. The molecule has 0 saturated carbocycles. The van der Waals surface area contributed by atoms with Crippen molar-refractivity contribution in [3.8, 4) is 0 Å². The summed E-state index contributed by atoms with van der Waals surface area (Å²) in [5.41, 5.74) is 2.04. The zero-order valence-corrected chi connectivity index (χ0v) is 15.5. The van der Waals surface area contributed by atoms with Crippen molar-refractivity contribution in [3.05, 3.63) is 60.2 Å². The number of pyridine rings is 1. The minimum atomic E-state index is -0.406. The fourth-order valence-corrected chi connectivity index (χ4v) is 2.86. The Morgan fingerprint density at radius 2 is 1.93 bits per heavy atom. The van der Waals surface area contributed by atoms with Gasteiger partial charge < -0.3 is 14.6 Å². The Morgan fingerprint density at radius 3 is 2.63 bits per heavy atom. The Balaban J connectivity index is 1.89. The van der Waals surface area contributed by atoms with Crippen LogP contribution in [0.4, 0.5) is 0 Å². The molecule has 1 aromatic carbocycles. The molecule has 0 aliphatic carbocycles. The summed E-state index contributed by atoms with van der Waals surface area (Å²) in [6.07, 6.45) is 2.92. The molecule has 7 heteroatoms. The number of ether oxygens (including phenoxy) is 1. The number of hydrogen-bond acceptors (Lipinski definition) is 5. The second kappa shape index (κ2) is 7.99. The summed E-state index contributed by atoms with van der Waals surface area (Å²) in [5, 5.41) is 2.91. The van der Waals surface area contributed by atoms with Gasteiger partial charge in [0.15, 0.2) is 0 Å². The number of imidazole rings is 1. The summed E-state index contributed by atoms with van der Waals surface area (Å²) in [4.78, 5) is 33.2. The lowest BCUT2D eigenvalue weighted by Gasteiger charge is -2.16. The van der Waals surface area contributed by atoms with Crippen molar-refractivity contribution in [2.45, 2.75) is 39.5 Å². The zero-order valence-electron chi connectivity index (χ0n) is 15.5. The normalized spacial score (nSPS) is 12.1. The highest BCUT2D eigenvalue weighted by Gasteiger charge is 2.21. The van der Waals surface area contributed by atoms with E-state index in [0.717, 1.165) is 11.0 Å². The van der Waals surface area contributed by atoms with Gasteiger partial charge in [0.05, 0.1) is 28.7 Å². The smallest absolute Gasteiger partial charge is 0.326 e. The van der Waals surface area contributed by atoms with E-state index in [1.54, 1.807) is 22.9 Å². The molecule has 0 saturated heterocycles. The van der Waals surface area contributed by atoms with Crippen molar-refractivity contribution in [1.82, 2.24) is 19.9 Å². The van der Waals surface area contributed by atoms with Crippen LogP contribution in [0, 0.1) is 0 Å². The van der Waals surface area contributed by atoms with E-state index in [0.29, 0.717) is 11.4 Å². The molecular formula is C20H22N4O3. The Hall–Kier alpha value is -3.22. The van der Waals surface area contributed by atoms with Gasteiger partial charge >= 0.3 is 5.97 Å². The van der Waals surface area contributed by atoms with Crippen LogP contribution in [-0.4, -0.2) is 32.5 Å². The molecule has 0 bridgehead atoms. The van der Waals surface area contributed by atoms with Crippen LogP contribution < -0.4 is 5.32 Å². The number of nitrogens with one attached hydrogen (secondary N) is 1. The number of carbonyl (C=O) groups excluding carboxylic acids is 2. The number of aromatic nitrogens is 3. The number of benzene rings is 1. The van der Waals surface area contributed by atoms with Crippen molar-refractivity contribution < 1.29 is 14.3 Å². The van der Waals surface area contributed by atoms with Gasteiger partial charge in [-0.2, -0.15) is 0 Å². The Bertz CT molecular complexity index is 950. The zero-order chi connectivity index (χ0) is 19.4. The molecule has 0 aliphatic heterocycles. The van der Waals surface area contributed by atoms with E-state index in [4.69, 9.17) is 4.74 Å². The number of fused-ring (bicyclic) bond motifs is 1. The van der Waals surface area contributed by atoms with E-state index >= 15 is 0 Å². The first-order valence-electron chi connectivity index (χ1n) is 8.81. The second-order valence-electron chi connectivity index (χ2n) is 6.52. The largest absolute Gasteiger partial charge is 0.462 e. The summed E-state index contributed by atoms with van der Waals surface area (Å²) >= 11 is 0. The van der Waals surface area contributed by atoms with Crippen molar-refractivity contribution in [1.29, 1.82) is 0 Å². The SMILES string of the molecule is CC(C)OC(=O)Cn1c(C(C)NC(=O)c2cccnc2)nc2ccccc21. The van der Waals surface area contributed by atoms with E-state index in [9.17, 15) is 9.59 Å². The average molecular weight is 366 g/mol.